The van der Waals surface area contributed by atoms with E-state index in [9.17, 15) is 13.2 Å². The molecular formula is C14H17NO3S2. The molecule has 1 saturated carbocycles. The van der Waals surface area contributed by atoms with Crippen molar-refractivity contribution in [3.05, 3.63) is 30.3 Å². The van der Waals surface area contributed by atoms with Gasteiger partial charge in [0.2, 0.25) is 5.91 Å². The molecule has 0 spiro atoms. The van der Waals surface area contributed by atoms with E-state index in [1.165, 1.54) is 0 Å². The first-order chi connectivity index (χ1) is 9.58. The Hall–Kier alpha value is -1.01. The third-order valence-electron chi connectivity index (χ3n) is 3.96. The predicted molar refractivity (Wildman–Crippen MR) is 79.5 cm³/mol. The normalized spacial score (nSPS) is 21.5. The standard InChI is InChI=1S/C14H17NO3S2/c16-13(15-8-10-19-11-9-15)14(6-7-14)20(17,18)12-4-2-1-3-5-12/h1-5H,6-11H2. The summed E-state index contributed by atoms with van der Waals surface area (Å²) in [6.45, 7) is 1.32. The minimum absolute atomic E-state index is 0.193. The third-order valence-corrected chi connectivity index (χ3v) is 7.41. The zero-order chi connectivity index (χ0) is 14.2. The van der Waals surface area contributed by atoms with E-state index in [0.29, 0.717) is 25.9 Å². The van der Waals surface area contributed by atoms with Crippen LogP contribution in [0.25, 0.3) is 0 Å². The largest absolute Gasteiger partial charge is 0.340 e. The molecule has 0 radical (unpaired) electrons. The van der Waals surface area contributed by atoms with Gasteiger partial charge < -0.3 is 4.90 Å². The van der Waals surface area contributed by atoms with Crippen molar-refractivity contribution in [2.75, 3.05) is 24.6 Å². The molecule has 108 valence electrons. The molecule has 0 N–H and O–H groups in total. The summed E-state index contributed by atoms with van der Waals surface area (Å²) in [7, 11) is -3.57. The van der Waals surface area contributed by atoms with Gasteiger partial charge in [-0.05, 0) is 25.0 Å². The monoisotopic (exact) mass is 311 g/mol. The second-order valence-electron chi connectivity index (χ2n) is 5.22. The van der Waals surface area contributed by atoms with Gasteiger partial charge in [-0.3, -0.25) is 4.79 Å². The van der Waals surface area contributed by atoms with Crippen molar-refractivity contribution in [3.63, 3.8) is 0 Å². The fraction of sp³-hybridized carbons (Fsp3) is 0.500. The SMILES string of the molecule is O=C(N1CCSCC1)C1(S(=O)(=O)c2ccccc2)CC1. The third kappa shape index (κ3) is 2.15. The lowest BCUT2D eigenvalue weighted by atomic mass is 10.3. The molecule has 1 aromatic carbocycles. The smallest absolute Gasteiger partial charge is 0.244 e. The summed E-state index contributed by atoms with van der Waals surface area (Å²) in [4.78, 5) is 14.6. The molecule has 0 aromatic heterocycles. The number of hydrogen-bond acceptors (Lipinski definition) is 4. The Labute approximate surface area is 123 Å². The highest BCUT2D eigenvalue weighted by atomic mass is 32.2. The van der Waals surface area contributed by atoms with Gasteiger partial charge in [0.1, 0.15) is 0 Å². The Morgan fingerprint density at radius 1 is 1.10 bits per heavy atom. The Bertz CT molecular complexity index is 603. The van der Waals surface area contributed by atoms with Gasteiger partial charge in [0.25, 0.3) is 0 Å². The number of nitrogens with zero attached hydrogens (tertiary/aromatic N) is 1. The molecule has 1 saturated heterocycles. The van der Waals surface area contributed by atoms with Crippen molar-refractivity contribution in [1.29, 1.82) is 0 Å². The zero-order valence-corrected chi connectivity index (χ0v) is 12.8. The van der Waals surface area contributed by atoms with Crippen molar-refractivity contribution in [2.24, 2.45) is 0 Å². The molecule has 0 bridgehead atoms. The summed E-state index contributed by atoms with van der Waals surface area (Å²) in [5.74, 6) is 1.60. The van der Waals surface area contributed by atoms with E-state index in [4.69, 9.17) is 0 Å². The topological polar surface area (TPSA) is 54.5 Å². The molecule has 2 fully saturated rings. The van der Waals surface area contributed by atoms with E-state index in [1.54, 1.807) is 35.2 Å². The van der Waals surface area contributed by atoms with Gasteiger partial charge in [0.05, 0.1) is 4.90 Å². The summed E-state index contributed by atoms with van der Waals surface area (Å²) < 4.78 is 24.3. The van der Waals surface area contributed by atoms with Crippen molar-refractivity contribution in [3.8, 4) is 0 Å². The Balaban J connectivity index is 1.90. The number of hydrogen-bond donors (Lipinski definition) is 0. The van der Waals surface area contributed by atoms with E-state index in [1.807, 2.05) is 11.8 Å². The predicted octanol–water partition coefficient (Wildman–Crippen LogP) is 1.57. The highest BCUT2D eigenvalue weighted by Crippen LogP contribution is 2.48. The maximum absolute atomic E-state index is 12.7. The molecule has 3 rings (SSSR count). The first kappa shape index (κ1) is 13.9. The summed E-state index contributed by atoms with van der Waals surface area (Å²) in [6, 6.07) is 8.34. The van der Waals surface area contributed by atoms with Crippen LogP contribution in [0.5, 0.6) is 0 Å². The van der Waals surface area contributed by atoms with Crippen molar-refractivity contribution in [2.45, 2.75) is 22.5 Å². The van der Waals surface area contributed by atoms with Crippen LogP contribution in [0.1, 0.15) is 12.8 Å². The minimum Gasteiger partial charge on any atom is -0.340 e. The van der Waals surface area contributed by atoms with E-state index in [2.05, 4.69) is 0 Å². The average Bonchev–Trinajstić information content (AvgIpc) is 3.30. The highest BCUT2D eigenvalue weighted by molar-refractivity contribution is 7.99. The summed E-state index contributed by atoms with van der Waals surface area (Å²) in [5, 5.41) is 0. The van der Waals surface area contributed by atoms with Crippen LogP contribution in [0.4, 0.5) is 0 Å². The Kier molecular flexibility index (Phi) is 3.54. The first-order valence-corrected chi connectivity index (χ1v) is 9.38. The van der Waals surface area contributed by atoms with Crippen molar-refractivity contribution >= 4 is 27.5 Å². The Morgan fingerprint density at radius 3 is 2.25 bits per heavy atom. The van der Waals surface area contributed by atoms with Crippen LogP contribution in [0.2, 0.25) is 0 Å². The van der Waals surface area contributed by atoms with Crippen LogP contribution in [0.3, 0.4) is 0 Å². The highest BCUT2D eigenvalue weighted by Gasteiger charge is 2.62. The van der Waals surface area contributed by atoms with Gasteiger partial charge in [0, 0.05) is 24.6 Å². The number of benzene rings is 1. The summed E-state index contributed by atoms with van der Waals surface area (Å²) >= 11 is 1.81. The maximum atomic E-state index is 12.7. The molecular weight excluding hydrogens is 294 g/mol. The lowest BCUT2D eigenvalue weighted by Crippen LogP contribution is -2.48. The number of carbonyl (C=O) groups excluding carboxylic acids is 1. The molecule has 1 amide bonds. The number of sulfone groups is 1. The van der Waals surface area contributed by atoms with Crippen LogP contribution in [-0.2, 0) is 14.6 Å². The quantitative estimate of drug-likeness (QED) is 0.850. The number of rotatable bonds is 3. The molecule has 2 aliphatic rings. The average molecular weight is 311 g/mol. The molecule has 1 aromatic rings. The van der Waals surface area contributed by atoms with Gasteiger partial charge in [-0.25, -0.2) is 8.42 Å². The van der Waals surface area contributed by atoms with Crippen molar-refractivity contribution in [1.82, 2.24) is 4.90 Å². The summed E-state index contributed by atoms with van der Waals surface area (Å²) in [5.41, 5.74) is 0. The molecule has 0 atom stereocenters. The van der Waals surface area contributed by atoms with Crippen LogP contribution in [-0.4, -0.2) is 48.6 Å². The van der Waals surface area contributed by atoms with Gasteiger partial charge in [-0.2, -0.15) is 11.8 Å². The lowest BCUT2D eigenvalue weighted by molar-refractivity contribution is -0.131. The van der Waals surface area contributed by atoms with Gasteiger partial charge in [-0.15, -0.1) is 0 Å². The molecule has 1 aliphatic carbocycles. The number of thioether (sulfide) groups is 1. The van der Waals surface area contributed by atoms with Crippen LogP contribution >= 0.6 is 11.8 Å². The van der Waals surface area contributed by atoms with E-state index >= 15 is 0 Å². The fourth-order valence-corrected chi connectivity index (χ4v) is 5.46. The van der Waals surface area contributed by atoms with Gasteiger partial charge >= 0.3 is 0 Å². The minimum atomic E-state index is -3.57. The van der Waals surface area contributed by atoms with Crippen LogP contribution < -0.4 is 0 Å². The van der Waals surface area contributed by atoms with Crippen LogP contribution in [0.15, 0.2) is 35.2 Å². The molecule has 1 aliphatic heterocycles. The second kappa shape index (κ2) is 5.07. The molecule has 0 unspecified atom stereocenters. The molecule has 4 nitrogen and oxygen atoms in total. The Morgan fingerprint density at radius 2 is 1.70 bits per heavy atom. The lowest BCUT2D eigenvalue weighted by Gasteiger charge is -2.30. The van der Waals surface area contributed by atoms with Gasteiger partial charge in [0.15, 0.2) is 14.6 Å². The zero-order valence-electron chi connectivity index (χ0n) is 11.1. The van der Waals surface area contributed by atoms with Crippen LogP contribution in [0, 0.1) is 0 Å². The van der Waals surface area contributed by atoms with E-state index in [-0.39, 0.29) is 10.8 Å². The summed E-state index contributed by atoms with van der Waals surface area (Å²) in [6.07, 6.45) is 0.902. The van der Waals surface area contributed by atoms with Crippen molar-refractivity contribution < 1.29 is 13.2 Å². The fourth-order valence-electron chi connectivity index (χ4n) is 2.59. The molecule has 1 heterocycles. The second-order valence-corrected chi connectivity index (χ2v) is 8.70. The molecule has 6 heteroatoms. The number of carbonyl (C=O) groups is 1. The van der Waals surface area contributed by atoms with E-state index < -0.39 is 14.6 Å². The number of amides is 1. The first-order valence-electron chi connectivity index (χ1n) is 6.75. The van der Waals surface area contributed by atoms with E-state index in [0.717, 1.165) is 11.5 Å². The van der Waals surface area contributed by atoms with Gasteiger partial charge in [-0.1, -0.05) is 18.2 Å². The maximum Gasteiger partial charge on any atom is 0.244 e. The molecule has 20 heavy (non-hydrogen) atoms.